The number of benzene rings is 3. The molecule has 0 amide bonds. The van der Waals surface area contributed by atoms with Crippen LogP contribution in [0.15, 0.2) is 66.7 Å². The summed E-state index contributed by atoms with van der Waals surface area (Å²) < 4.78 is 12.7. The van der Waals surface area contributed by atoms with Gasteiger partial charge < -0.3 is 24.5 Å². The van der Waals surface area contributed by atoms with E-state index in [1.54, 1.807) is 14.2 Å². The van der Waals surface area contributed by atoms with Crippen molar-refractivity contribution < 1.29 is 19.4 Å². The number of carboxylic acid groups (broad SMARTS) is 1. The Balaban J connectivity index is 1.60. The highest BCUT2D eigenvalue weighted by molar-refractivity contribution is 5.98. The molecule has 0 aliphatic rings. The molecule has 0 saturated heterocycles. The quantitative estimate of drug-likeness (QED) is 0.326. The zero-order valence-electron chi connectivity index (χ0n) is 19.8. The first-order valence-electron chi connectivity index (χ1n) is 11.3. The van der Waals surface area contributed by atoms with Gasteiger partial charge in [0.2, 0.25) is 0 Å². The minimum atomic E-state index is -0.920. The first kappa shape index (κ1) is 23.4. The SMILES string of the molecule is COc1ccc(OC)c(CCNCc2c(C(=O)O)n(Cc3ccccc3C)c3ccccc23)c1. The molecule has 2 N–H and O–H groups in total. The third-order valence-corrected chi connectivity index (χ3v) is 6.23. The van der Waals surface area contributed by atoms with Crippen molar-refractivity contribution in [3.63, 3.8) is 0 Å². The van der Waals surface area contributed by atoms with Crippen LogP contribution < -0.4 is 14.8 Å². The third kappa shape index (κ3) is 4.77. The van der Waals surface area contributed by atoms with Gasteiger partial charge >= 0.3 is 5.97 Å². The number of para-hydroxylation sites is 1. The van der Waals surface area contributed by atoms with Crippen LogP contribution in [0.25, 0.3) is 10.9 Å². The number of fused-ring (bicyclic) bond motifs is 1. The first-order chi connectivity index (χ1) is 16.5. The summed E-state index contributed by atoms with van der Waals surface area (Å²) in [4.78, 5) is 12.4. The van der Waals surface area contributed by atoms with E-state index in [-0.39, 0.29) is 0 Å². The van der Waals surface area contributed by atoms with Gasteiger partial charge in [0.25, 0.3) is 0 Å². The zero-order valence-corrected chi connectivity index (χ0v) is 19.8. The number of carboxylic acids is 1. The topological polar surface area (TPSA) is 72.7 Å². The van der Waals surface area contributed by atoms with Crippen LogP contribution in [0.3, 0.4) is 0 Å². The Morgan fingerprint density at radius 2 is 1.74 bits per heavy atom. The second kappa shape index (κ2) is 10.4. The van der Waals surface area contributed by atoms with Gasteiger partial charge in [-0.05, 0) is 60.8 Å². The van der Waals surface area contributed by atoms with E-state index in [1.165, 1.54) is 0 Å². The van der Waals surface area contributed by atoms with Crippen molar-refractivity contribution in [1.82, 2.24) is 9.88 Å². The monoisotopic (exact) mass is 458 g/mol. The summed E-state index contributed by atoms with van der Waals surface area (Å²) in [5.74, 6) is 0.669. The van der Waals surface area contributed by atoms with E-state index >= 15 is 0 Å². The molecule has 4 rings (SSSR count). The van der Waals surface area contributed by atoms with Gasteiger partial charge in [-0.2, -0.15) is 0 Å². The summed E-state index contributed by atoms with van der Waals surface area (Å²) in [6.07, 6.45) is 0.727. The van der Waals surface area contributed by atoms with Crippen molar-refractivity contribution in [3.8, 4) is 11.5 Å². The Labute approximate surface area is 199 Å². The van der Waals surface area contributed by atoms with Crippen molar-refractivity contribution in [2.75, 3.05) is 20.8 Å². The van der Waals surface area contributed by atoms with Crippen LogP contribution in [0, 0.1) is 6.92 Å². The number of aryl methyl sites for hydroxylation is 1. The van der Waals surface area contributed by atoms with Gasteiger partial charge in [-0.3, -0.25) is 0 Å². The summed E-state index contributed by atoms with van der Waals surface area (Å²) >= 11 is 0. The predicted molar refractivity (Wildman–Crippen MR) is 134 cm³/mol. The minimum Gasteiger partial charge on any atom is -0.497 e. The maximum Gasteiger partial charge on any atom is 0.352 e. The number of aromatic nitrogens is 1. The highest BCUT2D eigenvalue weighted by Crippen LogP contribution is 2.28. The minimum absolute atomic E-state index is 0.330. The largest absolute Gasteiger partial charge is 0.497 e. The number of ether oxygens (including phenoxy) is 2. The fraction of sp³-hybridized carbons (Fsp3) is 0.250. The Morgan fingerprint density at radius 1 is 0.971 bits per heavy atom. The summed E-state index contributed by atoms with van der Waals surface area (Å²) in [6, 6.07) is 21.7. The van der Waals surface area contributed by atoms with Crippen LogP contribution >= 0.6 is 0 Å². The highest BCUT2D eigenvalue weighted by Gasteiger charge is 2.22. The molecule has 3 aromatic carbocycles. The van der Waals surface area contributed by atoms with E-state index in [4.69, 9.17) is 9.47 Å². The van der Waals surface area contributed by atoms with Gasteiger partial charge in [-0.25, -0.2) is 4.79 Å². The molecule has 0 aliphatic heterocycles. The predicted octanol–water partition coefficient (Wildman–Crippen LogP) is 5.05. The van der Waals surface area contributed by atoms with Crippen LogP contribution in [0.1, 0.15) is 32.7 Å². The molecule has 4 aromatic rings. The molecule has 0 unspecified atom stereocenters. The number of carbonyl (C=O) groups is 1. The van der Waals surface area contributed by atoms with E-state index in [0.717, 1.165) is 51.1 Å². The average Bonchev–Trinajstić information content (AvgIpc) is 3.16. The highest BCUT2D eigenvalue weighted by atomic mass is 16.5. The van der Waals surface area contributed by atoms with Crippen LogP contribution in [0.5, 0.6) is 11.5 Å². The Morgan fingerprint density at radius 3 is 2.47 bits per heavy atom. The molecule has 0 atom stereocenters. The fourth-order valence-electron chi connectivity index (χ4n) is 4.43. The van der Waals surface area contributed by atoms with Gasteiger partial charge in [-0.1, -0.05) is 42.5 Å². The lowest BCUT2D eigenvalue weighted by Crippen LogP contribution is -2.20. The molecule has 6 nitrogen and oxygen atoms in total. The summed E-state index contributed by atoms with van der Waals surface area (Å²) in [6.45, 7) is 3.68. The van der Waals surface area contributed by atoms with Gasteiger partial charge in [0.15, 0.2) is 0 Å². The number of hydrogen-bond acceptors (Lipinski definition) is 4. The first-order valence-corrected chi connectivity index (χ1v) is 11.3. The molecule has 1 aromatic heterocycles. The molecule has 0 radical (unpaired) electrons. The van der Waals surface area contributed by atoms with Crippen LogP contribution in [-0.2, 0) is 19.5 Å². The summed E-state index contributed by atoms with van der Waals surface area (Å²) in [5.41, 5.74) is 5.34. The van der Waals surface area contributed by atoms with Crippen LogP contribution in [0.2, 0.25) is 0 Å². The molecular weight excluding hydrogens is 428 g/mol. The molecule has 0 aliphatic carbocycles. The van der Waals surface area contributed by atoms with Gasteiger partial charge in [0, 0.05) is 29.6 Å². The molecular formula is C28H30N2O4. The lowest BCUT2D eigenvalue weighted by atomic mass is 10.1. The number of methoxy groups -OCH3 is 2. The summed E-state index contributed by atoms with van der Waals surface area (Å²) in [7, 11) is 3.30. The standard InChI is InChI=1S/C28H30N2O4/c1-19-8-4-5-9-21(19)18-30-25-11-7-6-10-23(25)24(27(30)28(31)32)17-29-15-14-20-16-22(33-2)12-13-26(20)34-3/h4-13,16,29H,14-15,17-18H2,1-3H3,(H,31,32). The van der Waals surface area contributed by atoms with Crippen LogP contribution in [-0.4, -0.2) is 36.4 Å². The molecule has 0 spiro atoms. The number of nitrogens with one attached hydrogen (secondary N) is 1. The van der Waals surface area contributed by atoms with E-state index in [1.807, 2.05) is 59.2 Å². The van der Waals surface area contributed by atoms with Gasteiger partial charge in [-0.15, -0.1) is 0 Å². The van der Waals surface area contributed by atoms with E-state index in [2.05, 4.69) is 24.4 Å². The average molecular weight is 459 g/mol. The van der Waals surface area contributed by atoms with E-state index in [9.17, 15) is 9.90 Å². The molecule has 1 heterocycles. The molecule has 0 saturated carbocycles. The molecule has 0 bridgehead atoms. The normalized spacial score (nSPS) is 11.0. The Bertz CT molecular complexity index is 1310. The molecule has 0 fully saturated rings. The lowest BCUT2D eigenvalue weighted by Gasteiger charge is -2.12. The van der Waals surface area contributed by atoms with E-state index < -0.39 is 5.97 Å². The third-order valence-electron chi connectivity index (χ3n) is 6.23. The maximum absolute atomic E-state index is 12.4. The van der Waals surface area contributed by atoms with Crippen molar-refractivity contribution in [2.45, 2.75) is 26.4 Å². The smallest absolute Gasteiger partial charge is 0.352 e. The second-order valence-corrected chi connectivity index (χ2v) is 8.27. The maximum atomic E-state index is 12.4. The Hall–Kier alpha value is -3.77. The Kier molecular flexibility index (Phi) is 7.18. The number of aromatic carboxylic acids is 1. The number of hydrogen-bond donors (Lipinski definition) is 2. The number of nitrogens with zero attached hydrogens (tertiary/aromatic N) is 1. The van der Waals surface area contributed by atoms with Crippen molar-refractivity contribution in [3.05, 3.63) is 94.7 Å². The van der Waals surface area contributed by atoms with Crippen molar-refractivity contribution in [2.24, 2.45) is 0 Å². The lowest BCUT2D eigenvalue weighted by molar-refractivity contribution is 0.0684. The fourth-order valence-corrected chi connectivity index (χ4v) is 4.43. The molecule has 6 heteroatoms. The zero-order chi connectivity index (χ0) is 24.1. The van der Waals surface area contributed by atoms with Gasteiger partial charge in [0.1, 0.15) is 17.2 Å². The van der Waals surface area contributed by atoms with Crippen LogP contribution in [0.4, 0.5) is 0 Å². The van der Waals surface area contributed by atoms with Gasteiger partial charge in [0.05, 0.1) is 14.2 Å². The van der Waals surface area contributed by atoms with Crippen molar-refractivity contribution in [1.29, 1.82) is 0 Å². The second-order valence-electron chi connectivity index (χ2n) is 8.27. The molecule has 34 heavy (non-hydrogen) atoms. The van der Waals surface area contributed by atoms with E-state index in [0.29, 0.717) is 25.3 Å². The van der Waals surface area contributed by atoms with Crippen molar-refractivity contribution >= 4 is 16.9 Å². The summed E-state index contributed by atoms with van der Waals surface area (Å²) in [5, 5.41) is 14.6. The number of rotatable bonds is 10. The molecule has 176 valence electrons.